The lowest BCUT2D eigenvalue weighted by atomic mass is 9.98. The van der Waals surface area contributed by atoms with Crippen LogP contribution in [0.15, 0.2) is 45.6 Å². The second kappa shape index (κ2) is 11.8. The third kappa shape index (κ3) is 5.58. The molecular weight excluding hydrogens is 507 g/mol. The number of nitrogens with zero attached hydrogens (tertiary/aromatic N) is 1. The second-order valence-electron chi connectivity index (χ2n) is 9.22. The smallest absolute Gasteiger partial charge is 0.195 e. The van der Waals surface area contributed by atoms with Crippen LogP contribution in [-0.4, -0.2) is 16.4 Å². The summed E-state index contributed by atoms with van der Waals surface area (Å²) >= 11 is 6.14. The van der Waals surface area contributed by atoms with Gasteiger partial charge >= 0.3 is 0 Å². The van der Waals surface area contributed by atoms with Crippen molar-refractivity contribution in [1.82, 2.24) is 4.98 Å². The number of carbonyl (C=O) groups excluding carboxylic acids is 1. The number of carbonyl (C=O) groups is 1. The molecule has 1 unspecified atom stereocenters. The zero-order valence-electron chi connectivity index (χ0n) is 22.6. The number of hydrogen-bond acceptors (Lipinski definition) is 6. The van der Waals surface area contributed by atoms with Gasteiger partial charge in [-0.2, -0.15) is 0 Å². The highest BCUT2D eigenvalue weighted by molar-refractivity contribution is 6.29. The summed E-state index contributed by atoms with van der Waals surface area (Å²) in [5.74, 6) is -1.00. The monoisotopic (exact) mass is 538 g/mol. The van der Waals surface area contributed by atoms with Gasteiger partial charge in [-0.3, -0.25) is 9.59 Å². The fraction of sp³-hybridized carbons (Fsp3) is 0.300. The van der Waals surface area contributed by atoms with Crippen LogP contribution >= 0.6 is 11.6 Å². The maximum atomic E-state index is 14.3. The van der Waals surface area contributed by atoms with E-state index >= 15 is 0 Å². The van der Waals surface area contributed by atoms with Gasteiger partial charge in [-0.05, 0) is 56.7 Å². The van der Waals surface area contributed by atoms with Gasteiger partial charge in [0.1, 0.15) is 16.5 Å². The van der Waals surface area contributed by atoms with Crippen molar-refractivity contribution in [3.8, 4) is 17.0 Å². The molecule has 0 aliphatic rings. The van der Waals surface area contributed by atoms with Crippen molar-refractivity contribution in [1.29, 1.82) is 0 Å². The highest BCUT2D eigenvalue weighted by Crippen LogP contribution is 2.36. The van der Waals surface area contributed by atoms with Gasteiger partial charge < -0.3 is 14.8 Å². The Kier molecular flexibility index (Phi) is 8.94. The first-order chi connectivity index (χ1) is 18.0. The second-order valence-corrected chi connectivity index (χ2v) is 9.60. The normalized spacial score (nSPS) is 11.7. The Labute approximate surface area is 226 Å². The molecule has 6 nitrogen and oxygen atoms in total. The lowest BCUT2D eigenvalue weighted by Gasteiger charge is -2.21. The van der Waals surface area contributed by atoms with Crippen molar-refractivity contribution >= 4 is 34.5 Å². The molecule has 0 saturated heterocycles. The van der Waals surface area contributed by atoms with Crippen molar-refractivity contribution in [2.24, 2.45) is 0 Å². The highest BCUT2D eigenvalue weighted by Gasteiger charge is 2.21. The molecule has 0 radical (unpaired) electrons. The molecule has 200 valence electrons. The molecule has 4 aromatic rings. The zero-order valence-corrected chi connectivity index (χ0v) is 23.3. The molecule has 2 aromatic heterocycles. The lowest BCUT2D eigenvalue weighted by Crippen LogP contribution is -2.14. The Morgan fingerprint density at radius 3 is 2.42 bits per heavy atom. The number of benzene rings is 2. The molecule has 0 saturated carbocycles. The molecule has 4 rings (SSSR count). The first-order valence-electron chi connectivity index (χ1n) is 12.5. The number of anilines is 1. The topological polar surface area (TPSA) is 92.4 Å². The van der Waals surface area contributed by atoms with Gasteiger partial charge in [0.2, 0.25) is 0 Å². The summed E-state index contributed by atoms with van der Waals surface area (Å²) in [7, 11) is 0. The zero-order chi connectivity index (χ0) is 28.3. The van der Waals surface area contributed by atoms with Gasteiger partial charge in [0.05, 0.1) is 28.4 Å². The van der Waals surface area contributed by atoms with Crippen LogP contribution in [0.25, 0.3) is 22.2 Å². The minimum Gasteiger partial charge on any atom is -0.504 e. The molecule has 0 aliphatic heterocycles. The van der Waals surface area contributed by atoms with Crippen molar-refractivity contribution < 1.29 is 18.7 Å². The van der Waals surface area contributed by atoms with Gasteiger partial charge in [0, 0.05) is 22.6 Å². The van der Waals surface area contributed by atoms with Crippen LogP contribution in [0.3, 0.4) is 0 Å². The molecule has 0 bridgehead atoms. The van der Waals surface area contributed by atoms with Crippen LogP contribution in [0.2, 0.25) is 5.15 Å². The third-order valence-electron chi connectivity index (χ3n) is 6.15. The van der Waals surface area contributed by atoms with E-state index in [0.717, 1.165) is 17.2 Å². The van der Waals surface area contributed by atoms with Gasteiger partial charge in [-0.25, -0.2) is 9.37 Å². The molecule has 38 heavy (non-hydrogen) atoms. The Morgan fingerprint density at radius 2 is 1.79 bits per heavy atom. The van der Waals surface area contributed by atoms with Crippen molar-refractivity contribution in [3.05, 3.63) is 85.6 Å². The number of aromatic nitrogens is 1. The molecular formula is C30H32ClFN2O4. The first kappa shape index (κ1) is 28.9. The van der Waals surface area contributed by atoms with E-state index in [1.807, 2.05) is 53.7 Å². The number of halogens is 2. The molecule has 0 spiro atoms. The molecule has 0 amide bonds. The van der Waals surface area contributed by atoms with E-state index in [0.29, 0.717) is 40.0 Å². The minimum atomic E-state index is -0.946. The average Bonchev–Trinajstić information content (AvgIpc) is 2.89. The van der Waals surface area contributed by atoms with Crippen molar-refractivity contribution in [3.63, 3.8) is 0 Å². The van der Waals surface area contributed by atoms with Crippen molar-refractivity contribution in [2.75, 3.05) is 5.32 Å². The van der Waals surface area contributed by atoms with Gasteiger partial charge in [-0.15, -0.1) is 0 Å². The Hall–Kier alpha value is -3.71. The van der Waals surface area contributed by atoms with E-state index in [2.05, 4.69) is 10.3 Å². The minimum absolute atomic E-state index is 0.0306. The predicted molar refractivity (Wildman–Crippen MR) is 151 cm³/mol. The maximum absolute atomic E-state index is 14.3. The summed E-state index contributed by atoms with van der Waals surface area (Å²) in [6.45, 7) is 13.6. The molecule has 2 N–H and O–H groups in total. The largest absolute Gasteiger partial charge is 0.504 e. The van der Waals surface area contributed by atoms with E-state index in [1.165, 1.54) is 6.07 Å². The summed E-state index contributed by atoms with van der Waals surface area (Å²) in [6, 6.07) is 9.15. The maximum Gasteiger partial charge on any atom is 0.195 e. The predicted octanol–water partition coefficient (Wildman–Crippen LogP) is 8.11. The number of nitrogens with one attached hydrogen (secondary N) is 1. The first-order valence-corrected chi connectivity index (χ1v) is 12.9. The number of aromatic hydroxyl groups is 1. The number of aryl methyl sites for hydroxylation is 1. The van der Waals surface area contributed by atoms with Gasteiger partial charge in [0.25, 0.3) is 0 Å². The fourth-order valence-corrected chi connectivity index (χ4v) is 4.53. The molecule has 0 aliphatic carbocycles. The number of rotatable bonds is 6. The Morgan fingerprint density at radius 1 is 1.11 bits per heavy atom. The highest BCUT2D eigenvalue weighted by atomic mass is 35.5. The van der Waals surface area contributed by atoms with E-state index in [4.69, 9.17) is 16.0 Å². The van der Waals surface area contributed by atoms with Crippen LogP contribution in [0.5, 0.6) is 5.75 Å². The van der Waals surface area contributed by atoms with Crippen LogP contribution in [-0.2, 0) is 0 Å². The van der Waals surface area contributed by atoms with Crippen LogP contribution in [0, 0.1) is 19.7 Å². The van der Waals surface area contributed by atoms with E-state index in [9.17, 15) is 19.1 Å². The number of hydrogen-bond donors (Lipinski definition) is 2. The quantitative estimate of drug-likeness (QED) is 0.190. The summed E-state index contributed by atoms with van der Waals surface area (Å²) in [5.41, 5.74) is 3.59. The molecule has 2 heterocycles. The van der Waals surface area contributed by atoms with Crippen molar-refractivity contribution in [2.45, 2.75) is 60.4 Å². The summed E-state index contributed by atoms with van der Waals surface area (Å²) in [4.78, 5) is 28.8. The number of fused-ring (bicyclic) bond motifs is 1. The number of phenolic OH excluding ortho intramolecular Hbond substituents is 1. The molecule has 1 atom stereocenters. The molecule has 2 aromatic carbocycles. The Bertz CT molecular complexity index is 1560. The van der Waals surface area contributed by atoms with Crippen LogP contribution in [0.1, 0.15) is 79.4 Å². The van der Waals surface area contributed by atoms with Gasteiger partial charge in [0.15, 0.2) is 23.3 Å². The summed E-state index contributed by atoms with van der Waals surface area (Å²) in [5, 5.41) is 13.9. The van der Waals surface area contributed by atoms with E-state index in [-0.39, 0.29) is 33.7 Å². The Balaban J connectivity index is 0.00000195. The number of pyridine rings is 1. The molecule has 8 heteroatoms. The number of aldehydes is 1. The fourth-order valence-electron chi connectivity index (χ4n) is 4.39. The average molecular weight is 539 g/mol. The summed E-state index contributed by atoms with van der Waals surface area (Å²) in [6.07, 6.45) is 0.372. The van der Waals surface area contributed by atoms with E-state index in [1.54, 1.807) is 19.1 Å². The lowest BCUT2D eigenvalue weighted by molar-refractivity contribution is 0.112. The van der Waals surface area contributed by atoms with Crippen LogP contribution in [0.4, 0.5) is 10.1 Å². The van der Waals surface area contributed by atoms with E-state index < -0.39 is 11.6 Å². The number of phenols is 1. The standard InChI is InChI=1S/C28H26ClFN2O4.C2H6/c1-13(2)27-15(4)25(34)20-9-14(3)8-19(28(20)36-27)16(5)31-22-6-7-23(29)32-24(22)17-10-18(12-33)26(35)21(30)11-17;1-2/h6-13,16,31,35H,1-5H3;1-2H3. The van der Waals surface area contributed by atoms with Crippen LogP contribution < -0.4 is 10.7 Å². The van der Waals surface area contributed by atoms with Gasteiger partial charge in [-0.1, -0.05) is 45.4 Å². The summed E-state index contributed by atoms with van der Waals surface area (Å²) < 4.78 is 20.6. The molecule has 0 fully saturated rings. The SMILES string of the molecule is CC.Cc1cc(C(C)Nc2ccc(Cl)nc2-c2cc(F)c(O)c(C=O)c2)c2oc(C(C)C)c(C)c(=O)c2c1. The third-order valence-corrected chi connectivity index (χ3v) is 6.36.